The van der Waals surface area contributed by atoms with Crippen LogP contribution in [0.15, 0.2) is 12.2 Å². The molecule has 0 unspecified atom stereocenters. The van der Waals surface area contributed by atoms with Crippen LogP contribution in [0, 0.1) is 62.6 Å². The second-order valence-corrected chi connectivity index (χ2v) is 14.8. The highest BCUT2D eigenvalue weighted by atomic mass is 16.5. The van der Waals surface area contributed by atoms with E-state index in [0.717, 1.165) is 51.4 Å². The zero-order valence-electron chi connectivity index (χ0n) is 24.6. The van der Waals surface area contributed by atoms with Crippen LogP contribution in [0.25, 0.3) is 0 Å². The molecule has 6 heteroatoms. The van der Waals surface area contributed by atoms with Gasteiger partial charge in [-0.05, 0) is 104 Å². The fourth-order valence-corrected chi connectivity index (χ4v) is 12.1. The van der Waals surface area contributed by atoms with E-state index in [0.29, 0.717) is 11.8 Å². The first-order valence-corrected chi connectivity index (χ1v) is 14.8. The summed E-state index contributed by atoms with van der Waals surface area (Å²) in [5, 5.41) is 22.1. The normalized spacial score (nSPS) is 53.2. The van der Waals surface area contributed by atoms with E-state index in [1.54, 1.807) is 0 Å². The molecule has 0 aromatic heterocycles. The molecule has 0 bridgehead atoms. The lowest BCUT2D eigenvalue weighted by Gasteiger charge is -2.70. The van der Waals surface area contributed by atoms with E-state index < -0.39 is 28.3 Å². The quantitative estimate of drug-likeness (QED) is 0.385. The van der Waals surface area contributed by atoms with Crippen molar-refractivity contribution in [1.82, 2.24) is 0 Å². The minimum Gasteiger partial charge on any atom is -0.469 e. The Morgan fingerprint density at radius 2 is 1.58 bits per heavy atom. The van der Waals surface area contributed by atoms with Crippen LogP contribution in [0.2, 0.25) is 0 Å². The van der Waals surface area contributed by atoms with Crippen molar-refractivity contribution < 1.29 is 29.3 Å². The summed E-state index contributed by atoms with van der Waals surface area (Å²) in [5.41, 5.74) is -0.565. The average molecular weight is 531 g/mol. The number of rotatable bonds is 4. The lowest BCUT2D eigenvalue weighted by Crippen LogP contribution is -2.65. The van der Waals surface area contributed by atoms with Crippen LogP contribution in [0.3, 0.4) is 0 Å². The molecule has 2 N–H and O–H groups in total. The predicted molar refractivity (Wildman–Crippen MR) is 145 cm³/mol. The van der Waals surface area contributed by atoms with Gasteiger partial charge in [0, 0.05) is 5.41 Å². The number of ether oxygens (including phenoxy) is 2. The molecule has 5 aliphatic carbocycles. The van der Waals surface area contributed by atoms with E-state index in [1.807, 2.05) is 6.92 Å². The Morgan fingerprint density at radius 3 is 2.16 bits per heavy atom. The van der Waals surface area contributed by atoms with Crippen LogP contribution < -0.4 is 0 Å². The summed E-state index contributed by atoms with van der Waals surface area (Å²) in [7, 11) is 2.94. The topological polar surface area (TPSA) is 93.1 Å². The second kappa shape index (κ2) is 8.80. The lowest BCUT2D eigenvalue weighted by molar-refractivity contribution is -0.230. The van der Waals surface area contributed by atoms with Gasteiger partial charge in [0.05, 0.1) is 38.3 Å². The van der Waals surface area contributed by atoms with Crippen molar-refractivity contribution in [1.29, 1.82) is 0 Å². The Morgan fingerprint density at radius 1 is 0.895 bits per heavy atom. The van der Waals surface area contributed by atoms with Gasteiger partial charge >= 0.3 is 11.9 Å². The van der Waals surface area contributed by atoms with Crippen molar-refractivity contribution in [2.45, 2.75) is 92.1 Å². The maximum absolute atomic E-state index is 13.4. The molecule has 214 valence electrons. The van der Waals surface area contributed by atoms with Gasteiger partial charge in [0.1, 0.15) is 0 Å². The third-order valence-electron chi connectivity index (χ3n) is 14.1. The first-order valence-electron chi connectivity index (χ1n) is 14.8. The van der Waals surface area contributed by atoms with Crippen molar-refractivity contribution in [3.8, 4) is 0 Å². The standard InChI is InChI=1S/C32H50O6/c1-18(2)19-11-14-32(27(36)38-8)16-15-29(4)20(23(19)32)9-10-22-30(29,5)13-12-21-28(3,17-33)25(34)24(26(35)37-7)31(21,22)6/h19-25,33-34H,1,9-17H2,2-8H3/t19-,20+,21-,22-,23+,24+,25-,28+,29+,30+,31-,32-/m0/s1. The van der Waals surface area contributed by atoms with E-state index in [1.165, 1.54) is 19.8 Å². The van der Waals surface area contributed by atoms with E-state index in [4.69, 9.17) is 9.47 Å². The van der Waals surface area contributed by atoms with Crippen molar-refractivity contribution in [3.63, 3.8) is 0 Å². The van der Waals surface area contributed by atoms with Crippen LogP contribution in [0.4, 0.5) is 0 Å². The molecule has 0 saturated heterocycles. The summed E-state index contributed by atoms with van der Waals surface area (Å²) in [6, 6.07) is 0. The SMILES string of the molecule is C=C(C)[C@@H]1CC[C@]2(C(=O)OC)CC[C@]3(C)[C@H](CC[C@@H]4[C@@]5(C)[C@@H](C(=O)OC)[C@H](O)[C@](C)(CO)[C@@H]5CC[C@]43C)[C@@H]12. The van der Waals surface area contributed by atoms with Crippen LogP contribution >= 0.6 is 0 Å². The van der Waals surface area contributed by atoms with Crippen molar-refractivity contribution in [3.05, 3.63) is 12.2 Å². The molecule has 5 rings (SSSR count). The summed E-state index contributed by atoms with van der Waals surface area (Å²) in [6.45, 7) is 15.4. The zero-order chi connectivity index (χ0) is 28.1. The van der Waals surface area contributed by atoms with E-state index in [2.05, 4.69) is 34.3 Å². The molecule has 0 amide bonds. The summed E-state index contributed by atoms with van der Waals surface area (Å²) in [6.07, 6.45) is 6.52. The Labute approximate surface area is 228 Å². The van der Waals surface area contributed by atoms with Gasteiger partial charge in [-0.15, -0.1) is 0 Å². The number of aliphatic hydroxyl groups is 2. The molecule has 38 heavy (non-hydrogen) atoms. The molecule has 12 atom stereocenters. The number of methoxy groups -OCH3 is 2. The number of esters is 2. The highest BCUT2D eigenvalue weighted by molar-refractivity contribution is 5.78. The molecular weight excluding hydrogens is 480 g/mol. The number of hydrogen-bond acceptors (Lipinski definition) is 6. The van der Waals surface area contributed by atoms with E-state index in [9.17, 15) is 19.8 Å². The van der Waals surface area contributed by atoms with Crippen LogP contribution in [0.5, 0.6) is 0 Å². The monoisotopic (exact) mass is 530 g/mol. The van der Waals surface area contributed by atoms with Gasteiger partial charge in [0.15, 0.2) is 0 Å². The highest BCUT2D eigenvalue weighted by Gasteiger charge is 2.76. The number of carbonyl (C=O) groups excluding carboxylic acids is 2. The Hall–Kier alpha value is -1.40. The third-order valence-corrected chi connectivity index (χ3v) is 14.1. The van der Waals surface area contributed by atoms with Crippen molar-refractivity contribution >= 4 is 11.9 Å². The van der Waals surface area contributed by atoms with Gasteiger partial charge in [-0.2, -0.15) is 0 Å². The van der Waals surface area contributed by atoms with Crippen LogP contribution in [-0.4, -0.2) is 49.1 Å². The smallest absolute Gasteiger partial charge is 0.312 e. The molecule has 0 aromatic carbocycles. The van der Waals surface area contributed by atoms with Crippen molar-refractivity contribution in [2.24, 2.45) is 62.6 Å². The Kier molecular flexibility index (Phi) is 6.52. The minimum absolute atomic E-state index is 0.0199. The summed E-state index contributed by atoms with van der Waals surface area (Å²) >= 11 is 0. The van der Waals surface area contributed by atoms with E-state index >= 15 is 0 Å². The molecule has 0 aliphatic heterocycles. The highest BCUT2D eigenvalue weighted by Crippen LogP contribution is 2.79. The fourth-order valence-electron chi connectivity index (χ4n) is 12.1. The molecule has 5 fully saturated rings. The maximum atomic E-state index is 13.4. The molecule has 5 aliphatic rings. The van der Waals surface area contributed by atoms with Gasteiger partial charge in [-0.25, -0.2) is 0 Å². The van der Waals surface area contributed by atoms with Gasteiger partial charge < -0.3 is 19.7 Å². The van der Waals surface area contributed by atoms with Gasteiger partial charge in [0.25, 0.3) is 0 Å². The number of carbonyl (C=O) groups is 2. The first kappa shape index (κ1) is 28.1. The van der Waals surface area contributed by atoms with Crippen LogP contribution in [0.1, 0.15) is 86.0 Å². The molecule has 0 radical (unpaired) electrons. The lowest BCUT2D eigenvalue weighted by atomic mass is 9.33. The molecule has 5 saturated carbocycles. The first-order chi connectivity index (χ1) is 17.7. The third kappa shape index (κ3) is 3.08. The average Bonchev–Trinajstić information content (AvgIpc) is 3.36. The molecule has 0 spiro atoms. The zero-order valence-corrected chi connectivity index (χ0v) is 24.6. The van der Waals surface area contributed by atoms with Gasteiger partial charge in [0.2, 0.25) is 0 Å². The second-order valence-electron chi connectivity index (χ2n) is 14.8. The van der Waals surface area contributed by atoms with E-state index in [-0.39, 0.29) is 47.1 Å². The van der Waals surface area contributed by atoms with Crippen LogP contribution in [-0.2, 0) is 19.1 Å². The molecule has 0 heterocycles. The van der Waals surface area contributed by atoms with Crippen molar-refractivity contribution in [2.75, 3.05) is 20.8 Å². The largest absolute Gasteiger partial charge is 0.469 e. The fraction of sp³-hybridized carbons (Fsp3) is 0.875. The maximum Gasteiger partial charge on any atom is 0.312 e. The summed E-state index contributed by atoms with van der Waals surface area (Å²) < 4.78 is 10.8. The minimum atomic E-state index is -0.941. The number of hydrogen-bond donors (Lipinski definition) is 2. The number of allylic oxidation sites excluding steroid dienone is 1. The summed E-state index contributed by atoms with van der Waals surface area (Å²) in [5.74, 6) is 0.0919. The van der Waals surface area contributed by atoms with Gasteiger partial charge in [-0.3, -0.25) is 9.59 Å². The number of aliphatic hydroxyl groups excluding tert-OH is 2. The summed E-state index contributed by atoms with van der Waals surface area (Å²) in [4.78, 5) is 26.7. The predicted octanol–water partition coefficient (Wildman–Crippen LogP) is 5.16. The molecule has 0 aromatic rings. The Bertz CT molecular complexity index is 1020. The van der Waals surface area contributed by atoms with Gasteiger partial charge in [-0.1, -0.05) is 39.8 Å². The number of fused-ring (bicyclic) bond motifs is 7. The molecule has 6 nitrogen and oxygen atoms in total. The molecular formula is C32H50O6. The Balaban J connectivity index is 1.62.